The Kier molecular flexibility index (Phi) is 7.99. The van der Waals surface area contributed by atoms with E-state index in [1.165, 1.54) is 9.80 Å². The van der Waals surface area contributed by atoms with Crippen LogP contribution >= 0.6 is 11.6 Å². The molecule has 1 spiro atoms. The average Bonchev–Trinajstić information content (AvgIpc) is 3.40. The number of nitrogens with zero attached hydrogens (tertiary/aromatic N) is 2. The van der Waals surface area contributed by atoms with Crippen molar-refractivity contribution in [2.75, 3.05) is 24.7 Å². The van der Waals surface area contributed by atoms with Crippen molar-refractivity contribution in [2.45, 2.75) is 70.7 Å². The molecule has 3 heterocycles. The third-order valence-electron chi connectivity index (χ3n) is 9.09. The molecule has 1 aromatic carbocycles. The molecule has 208 valence electrons. The minimum atomic E-state index is -1.25. The number of para-hydroxylation sites is 1. The van der Waals surface area contributed by atoms with E-state index in [4.69, 9.17) is 21.1 Å². The predicted octanol–water partition coefficient (Wildman–Crippen LogP) is 3.84. The molecule has 3 unspecified atom stereocenters. The summed E-state index contributed by atoms with van der Waals surface area (Å²) in [6.07, 6.45) is 2.71. The van der Waals surface area contributed by atoms with Crippen LogP contribution in [0.1, 0.15) is 47.5 Å². The highest BCUT2D eigenvalue weighted by atomic mass is 35.5. The molecular weight excluding hydrogens is 508 g/mol. The molecule has 38 heavy (non-hydrogen) atoms. The molecule has 0 saturated carbocycles. The Morgan fingerprint density at radius 2 is 2.05 bits per heavy atom. The maximum Gasteiger partial charge on any atom is 0.312 e. The first-order valence-corrected chi connectivity index (χ1v) is 13.9. The number of aliphatic hydroxyl groups is 1. The van der Waals surface area contributed by atoms with E-state index in [-0.39, 0.29) is 43.4 Å². The summed E-state index contributed by atoms with van der Waals surface area (Å²) in [4.78, 5) is 45.4. The average molecular weight is 547 g/mol. The van der Waals surface area contributed by atoms with E-state index in [9.17, 15) is 19.5 Å². The summed E-state index contributed by atoms with van der Waals surface area (Å²) in [6.45, 7) is 13.3. The number of aliphatic hydroxyl groups excluding tert-OH is 1. The van der Waals surface area contributed by atoms with Crippen LogP contribution in [0, 0.1) is 23.7 Å². The summed E-state index contributed by atoms with van der Waals surface area (Å²) < 4.78 is 12.2. The molecule has 1 aromatic rings. The molecule has 9 heteroatoms. The van der Waals surface area contributed by atoms with Gasteiger partial charge in [-0.15, -0.1) is 6.58 Å². The number of hydrogen-bond acceptors (Lipinski definition) is 6. The molecule has 8 nitrogen and oxygen atoms in total. The molecule has 4 rings (SSSR count). The number of likely N-dealkylation sites (tertiary alicyclic amines) is 1. The Morgan fingerprint density at radius 3 is 2.63 bits per heavy atom. The van der Waals surface area contributed by atoms with Gasteiger partial charge in [0.15, 0.2) is 0 Å². The normalized spacial score (nSPS) is 33.1. The van der Waals surface area contributed by atoms with Gasteiger partial charge < -0.3 is 24.4 Å². The van der Waals surface area contributed by atoms with Gasteiger partial charge in [-0.2, -0.15) is 0 Å². The molecule has 3 saturated heterocycles. The van der Waals surface area contributed by atoms with Crippen molar-refractivity contribution in [1.29, 1.82) is 0 Å². The number of benzene rings is 1. The number of anilines is 1. The minimum absolute atomic E-state index is 0.103. The molecular formula is C29H39ClN2O6. The van der Waals surface area contributed by atoms with Crippen LogP contribution in [0.5, 0.6) is 0 Å². The van der Waals surface area contributed by atoms with E-state index in [1.807, 2.05) is 27.7 Å². The summed E-state index contributed by atoms with van der Waals surface area (Å²) in [5.41, 5.74) is -1.72. The number of rotatable bonds is 10. The fourth-order valence-corrected chi connectivity index (χ4v) is 7.21. The topological polar surface area (TPSA) is 96.4 Å². The molecule has 3 aliphatic rings. The summed E-state index contributed by atoms with van der Waals surface area (Å²) in [5, 5.41) is 10.9. The van der Waals surface area contributed by atoms with Gasteiger partial charge in [0.1, 0.15) is 17.6 Å². The highest BCUT2D eigenvalue weighted by Crippen LogP contribution is 2.66. The zero-order valence-electron chi connectivity index (χ0n) is 22.9. The van der Waals surface area contributed by atoms with Crippen LogP contribution in [0.15, 0.2) is 36.9 Å². The first kappa shape index (κ1) is 28.6. The van der Waals surface area contributed by atoms with Crippen molar-refractivity contribution < 1.29 is 29.0 Å². The SMILES string of the molecule is C=CCN(C(=O)C1N([C@@H](CO)[C@@H](C)CC)C(=O)[C@@H]2[C@H](C(=O)OCC)[C@@]3(C)OC12CC3C)c1ccccc1Cl. The van der Waals surface area contributed by atoms with Gasteiger partial charge in [0.05, 0.1) is 41.5 Å². The molecule has 0 aliphatic carbocycles. The van der Waals surface area contributed by atoms with Crippen LogP contribution in [0.4, 0.5) is 5.69 Å². The number of fused-ring (bicyclic) bond motifs is 1. The monoisotopic (exact) mass is 546 g/mol. The van der Waals surface area contributed by atoms with Gasteiger partial charge in [-0.1, -0.05) is 57.0 Å². The first-order valence-electron chi connectivity index (χ1n) is 13.5. The van der Waals surface area contributed by atoms with E-state index >= 15 is 0 Å². The second-order valence-electron chi connectivity index (χ2n) is 11.0. The maximum atomic E-state index is 14.7. The Morgan fingerprint density at radius 1 is 1.37 bits per heavy atom. The van der Waals surface area contributed by atoms with E-state index in [1.54, 1.807) is 37.3 Å². The summed E-state index contributed by atoms with van der Waals surface area (Å²) in [5.74, 6) is -3.19. The summed E-state index contributed by atoms with van der Waals surface area (Å²) in [7, 11) is 0. The van der Waals surface area contributed by atoms with E-state index < -0.39 is 41.1 Å². The van der Waals surface area contributed by atoms with Crippen molar-refractivity contribution in [3.05, 3.63) is 41.9 Å². The van der Waals surface area contributed by atoms with E-state index in [2.05, 4.69) is 6.58 Å². The number of esters is 1. The molecule has 3 aliphatic heterocycles. The molecule has 2 amide bonds. The second-order valence-corrected chi connectivity index (χ2v) is 11.4. The van der Waals surface area contributed by atoms with Crippen LogP contribution in [-0.2, 0) is 23.9 Å². The number of hydrogen-bond donors (Lipinski definition) is 1. The molecule has 8 atom stereocenters. The zero-order valence-corrected chi connectivity index (χ0v) is 23.6. The second kappa shape index (κ2) is 10.6. The quantitative estimate of drug-likeness (QED) is 0.354. The fourth-order valence-electron chi connectivity index (χ4n) is 6.97. The maximum absolute atomic E-state index is 14.7. The third-order valence-corrected chi connectivity index (χ3v) is 9.41. The van der Waals surface area contributed by atoms with Crippen LogP contribution in [0.3, 0.4) is 0 Å². The lowest BCUT2D eigenvalue weighted by molar-refractivity contribution is -0.162. The molecule has 0 radical (unpaired) electrons. The van der Waals surface area contributed by atoms with Crippen LogP contribution in [0.25, 0.3) is 0 Å². The Bertz CT molecular complexity index is 1110. The highest BCUT2D eigenvalue weighted by Gasteiger charge is 2.81. The zero-order chi connectivity index (χ0) is 28.0. The van der Waals surface area contributed by atoms with Gasteiger partial charge in [0.25, 0.3) is 5.91 Å². The van der Waals surface area contributed by atoms with E-state index in [0.717, 1.165) is 0 Å². The van der Waals surface area contributed by atoms with Gasteiger partial charge in [-0.25, -0.2) is 0 Å². The van der Waals surface area contributed by atoms with Crippen molar-refractivity contribution in [3.8, 4) is 0 Å². The Balaban J connectivity index is 1.91. The summed E-state index contributed by atoms with van der Waals surface area (Å²) in [6, 6.07) is 5.32. The fraction of sp³-hybridized carbons (Fsp3) is 0.621. The van der Waals surface area contributed by atoms with E-state index in [0.29, 0.717) is 23.6 Å². The lowest BCUT2D eigenvalue weighted by Crippen LogP contribution is -2.60. The number of halogens is 1. The van der Waals surface area contributed by atoms with Crippen molar-refractivity contribution in [3.63, 3.8) is 0 Å². The molecule has 3 fully saturated rings. The Hall–Kier alpha value is -2.42. The van der Waals surface area contributed by atoms with Crippen molar-refractivity contribution in [2.24, 2.45) is 23.7 Å². The molecule has 2 bridgehead atoms. The number of carbonyl (C=O) groups excluding carboxylic acids is 3. The van der Waals surface area contributed by atoms with Crippen molar-refractivity contribution >= 4 is 35.1 Å². The number of amides is 2. The summed E-state index contributed by atoms with van der Waals surface area (Å²) >= 11 is 6.52. The smallest absolute Gasteiger partial charge is 0.312 e. The highest BCUT2D eigenvalue weighted by molar-refractivity contribution is 6.34. The van der Waals surface area contributed by atoms with Crippen LogP contribution < -0.4 is 4.90 Å². The van der Waals surface area contributed by atoms with Crippen molar-refractivity contribution in [1.82, 2.24) is 4.90 Å². The lowest BCUT2D eigenvalue weighted by atomic mass is 9.62. The number of ether oxygens (including phenoxy) is 2. The lowest BCUT2D eigenvalue weighted by Gasteiger charge is -2.41. The van der Waals surface area contributed by atoms with Gasteiger partial charge in [0, 0.05) is 6.54 Å². The molecule has 0 aromatic heterocycles. The van der Waals surface area contributed by atoms with Gasteiger partial charge >= 0.3 is 5.97 Å². The van der Waals surface area contributed by atoms with Crippen LogP contribution in [-0.4, -0.2) is 70.8 Å². The van der Waals surface area contributed by atoms with Crippen LogP contribution in [0.2, 0.25) is 5.02 Å². The standard InChI is InChI=1S/C29H39ClN2O6/c1-7-14-31(20-13-11-10-12-19(20)30)26(35)24-29-15-18(5)28(6,38-29)23(27(36)37-9-3)22(29)25(34)32(24)21(16-33)17(4)8-2/h7,10-13,17-18,21-24,33H,1,8-9,14-16H2,2-6H3/t17-,18?,21-,22-,23+,24?,28-,29?/m0/s1. The predicted molar refractivity (Wildman–Crippen MR) is 145 cm³/mol. The number of carbonyl (C=O) groups is 3. The minimum Gasteiger partial charge on any atom is -0.466 e. The third kappa shape index (κ3) is 4.07. The Labute approximate surface area is 229 Å². The van der Waals surface area contributed by atoms with Gasteiger partial charge in [-0.3, -0.25) is 14.4 Å². The van der Waals surface area contributed by atoms with Gasteiger partial charge in [-0.05, 0) is 44.2 Å². The largest absolute Gasteiger partial charge is 0.466 e. The van der Waals surface area contributed by atoms with Gasteiger partial charge in [0.2, 0.25) is 5.91 Å². The molecule has 1 N–H and O–H groups in total. The first-order chi connectivity index (χ1) is 18.0.